The van der Waals surface area contributed by atoms with Crippen LogP contribution < -0.4 is 15.4 Å². The van der Waals surface area contributed by atoms with Gasteiger partial charge in [-0.2, -0.15) is 0 Å². The summed E-state index contributed by atoms with van der Waals surface area (Å²) in [6.45, 7) is 0.0331. The zero-order valence-corrected chi connectivity index (χ0v) is 14.4. The Balaban J connectivity index is 1.81. The van der Waals surface area contributed by atoms with Gasteiger partial charge < -0.3 is 24.9 Å². The molecule has 8 heteroatoms. The third-order valence-electron chi connectivity index (χ3n) is 3.81. The van der Waals surface area contributed by atoms with Crippen molar-refractivity contribution < 1.29 is 23.8 Å². The lowest BCUT2D eigenvalue weighted by atomic mass is 10.1. The van der Waals surface area contributed by atoms with Crippen LogP contribution in [0.4, 0.5) is 10.5 Å². The molecule has 0 bridgehead atoms. The number of oxazole rings is 1. The van der Waals surface area contributed by atoms with Gasteiger partial charge in [0.25, 0.3) is 5.91 Å². The van der Waals surface area contributed by atoms with E-state index in [-0.39, 0.29) is 12.5 Å². The molecule has 8 nitrogen and oxygen atoms in total. The predicted octanol–water partition coefficient (Wildman–Crippen LogP) is 3.37. The zero-order valence-electron chi connectivity index (χ0n) is 14.4. The van der Waals surface area contributed by atoms with Crippen LogP contribution >= 0.6 is 0 Å². The normalized spacial score (nSPS) is 10.3. The first-order valence-corrected chi connectivity index (χ1v) is 8.02. The number of carboxylic acid groups (broad SMARTS) is 1. The number of aromatic nitrogens is 1. The van der Waals surface area contributed by atoms with Gasteiger partial charge in [0.1, 0.15) is 12.0 Å². The molecule has 3 aromatic rings. The summed E-state index contributed by atoms with van der Waals surface area (Å²) in [5.74, 6) is 0.551. The molecule has 0 fully saturated rings. The molecule has 0 saturated carbocycles. The first-order chi connectivity index (χ1) is 13.1. The molecule has 3 N–H and O–H groups in total. The lowest BCUT2D eigenvalue weighted by Crippen LogP contribution is -2.22. The van der Waals surface area contributed by atoms with Gasteiger partial charge in [0.2, 0.25) is 5.89 Å². The molecule has 0 saturated heterocycles. The maximum absolute atomic E-state index is 12.6. The highest BCUT2D eigenvalue weighted by molar-refractivity contribution is 6.05. The lowest BCUT2D eigenvalue weighted by molar-refractivity contribution is 0.102. The Kier molecular flexibility index (Phi) is 5.36. The number of rotatable bonds is 6. The molecule has 1 heterocycles. The van der Waals surface area contributed by atoms with E-state index in [1.165, 1.54) is 19.6 Å². The summed E-state index contributed by atoms with van der Waals surface area (Å²) in [5.41, 5.74) is 2.13. The number of ether oxygens (including phenoxy) is 1. The Morgan fingerprint density at radius 2 is 2.04 bits per heavy atom. The van der Waals surface area contributed by atoms with Gasteiger partial charge in [-0.15, -0.1) is 0 Å². The Morgan fingerprint density at radius 1 is 1.22 bits per heavy atom. The number of nitrogens with zero attached hydrogens (tertiary/aromatic N) is 1. The van der Waals surface area contributed by atoms with Gasteiger partial charge in [0.15, 0.2) is 0 Å². The van der Waals surface area contributed by atoms with Crippen LogP contribution in [0.5, 0.6) is 5.75 Å². The quantitative estimate of drug-likeness (QED) is 0.615. The fraction of sp³-hybridized carbons (Fsp3) is 0.105. The van der Waals surface area contributed by atoms with Gasteiger partial charge in [-0.3, -0.25) is 4.79 Å². The zero-order chi connectivity index (χ0) is 19.2. The molecule has 0 atom stereocenters. The van der Waals surface area contributed by atoms with Crippen molar-refractivity contribution in [2.75, 3.05) is 12.4 Å². The van der Waals surface area contributed by atoms with Gasteiger partial charge in [-0.25, -0.2) is 9.78 Å². The average Bonchev–Trinajstić information content (AvgIpc) is 3.21. The number of anilines is 1. The second-order valence-electron chi connectivity index (χ2n) is 5.52. The molecular formula is C19H17N3O5. The van der Waals surface area contributed by atoms with Crippen LogP contribution in [0.15, 0.2) is 59.3 Å². The number of carbonyl (C=O) groups excluding carboxylic acids is 1. The third kappa shape index (κ3) is 4.24. The van der Waals surface area contributed by atoms with Crippen molar-refractivity contribution in [2.45, 2.75) is 6.54 Å². The maximum atomic E-state index is 12.6. The number of nitrogens with one attached hydrogen (secondary N) is 2. The van der Waals surface area contributed by atoms with Gasteiger partial charge in [-0.1, -0.05) is 18.2 Å². The molecular weight excluding hydrogens is 350 g/mol. The standard InChI is InChI=1S/C19H17N3O5/c1-26-16-10-13(6-7-15(16)18-20-8-9-27-18)22-17(23)14-5-3-2-4-12(14)11-21-19(24)25/h2-10,21H,11H2,1H3,(H,22,23)(H,24,25). The molecule has 0 spiro atoms. The summed E-state index contributed by atoms with van der Waals surface area (Å²) in [7, 11) is 1.51. The highest BCUT2D eigenvalue weighted by Crippen LogP contribution is 2.31. The van der Waals surface area contributed by atoms with E-state index in [0.717, 1.165) is 0 Å². The van der Waals surface area contributed by atoms with E-state index in [9.17, 15) is 9.59 Å². The molecule has 2 amide bonds. The van der Waals surface area contributed by atoms with E-state index < -0.39 is 6.09 Å². The molecule has 1 aromatic heterocycles. The van der Waals surface area contributed by atoms with Crippen molar-refractivity contribution in [3.63, 3.8) is 0 Å². The summed E-state index contributed by atoms with van der Waals surface area (Å²) >= 11 is 0. The summed E-state index contributed by atoms with van der Waals surface area (Å²) < 4.78 is 10.6. The van der Waals surface area contributed by atoms with Gasteiger partial charge in [0, 0.05) is 23.9 Å². The monoisotopic (exact) mass is 367 g/mol. The number of amides is 2. The topological polar surface area (TPSA) is 114 Å². The summed E-state index contributed by atoms with van der Waals surface area (Å²) in [4.78, 5) is 27.4. The second kappa shape index (κ2) is 8.05. The minimum Gasteiger partial charge on any atom is -0.496 e. The van der Waals surface area contributed by atoms with Crippen LogP contribution in [0.1, 0.15) is 15.9 Å². The summed E-state index contributed by atoms with van der Waals surface area (Å²) in [5, 5.41) is 13.8. The number of carbonyl (C=O) groups is 2. The maximum Gasteiger partial charge on any atom is 0.404 e. The largest absolute Gasteiger partial charge is 0.496 e. The Hall–Kier alpha value is -3.81. The molecule has 0 aliphatic rings. The predicted molar refractivity (Wildman–Crippen MR) is 97.8 cm³/mol. The molecule has 27 heavy (non-hydrogen) atoms. The molecule has 0 aliphatic carbocycles. The molecule has 0 radical (unpaired) electrons. The highest BCUT2D eigenvalue weighted by atomic mass is 16.5. The molecule has 0 unspecified atom stereocenters. The van der Waals surface area contributed by atoms with Crippen LogP contribution in [0, 0.1) is 0 Å². The van der Waals surface area contributed by atoms with Crippen molar-refractivity contribution in [1.82, 2.24) is 10.3 Å². The molecule has 3 rings (SSSR count). The molecule has 2 aromatic carbocycles. The fourth-order valence-corrected chi connectivity index (χ4v) is 2.57. The summed E-state index contributed by atoms with van der Waals surface area (Å²) in [6.07, 6.45) is 1.84. The number of methoxy groups -OCH3 is 1. The van der Waals surface area contributed by atoms with E-state index in [4.69, 9.17) is 14.3 Å². The lowest BCUT2D eigenvalue weighted by Gasteiger charge is -2.12. The molecule has 138 valence electrons. The van der Waals surface area contributed by atoms with E-state index in [2.05, 4.69) is 15.6 Å². The number of hydrogen-bond acceptors (Lipinski definition) is 5. The first-order valence-electron chi connectivity index (χ1n) is 8.02. The van der Waals surface area contributed by atoms with Gasteiger partial charge >= 0.3 is 6.09 Å². The smallest absolute Gasteiger partial charge is 0.404 e. The van der Waals surface area contributed by atoms with E-state index in [1.807, 2.05) is 0 Å². The minimum atomic E-state index is -1.16. The van der Waals surface area contributed by atoms with E-state index in [0.29, 0.717) is 34.0 Å². The SMILES string of the molecule is COc1cc(NC(=O)c2ccccc2CNC(=O)O)ccc1-c1ncco1. The average molecular weight is 367 g/mol. The highest BCUT2D eigenvalue weighted by Gasteiger charge is 2.15. The Morgan fingerprint density at radius 3 is 2.74 bits per heavy atom. The first kappa shape index (κ1) is 18.0. The second-order valence-corrected chi connectivity index (χ2v) is 5.52. The minimum absolute atomic E-state index is 0.0331. The van der Waals surface area contributed by atoms with Crippen molar-refractivity contribution in [3.05, 3.63) is 66.1 Å². The number of hydrogen-bond donors (Lipinski definition) is 3. The van der Waals surface area contributed by atoms with E-state index in [1.54, 1.807) is 42.5 Å². The third-order valence-corrected chi connectivity index (χ3v) is 3.81. The van der Waals surface area contributed by atoms with Crippen molar-refractivity contribution in [3.8, 4) is 17.2 Å². The van der Waals surface area contributed by atoms with Crippen molar-refractivity contribution in [2.24, 2.45) is 0 Å². The van der Waals surface area contributed by atoms with E-state index >= 15 is 0 Å². The summed E-state index contributed by atoms with van der Waals surface area (Å²) in [6, 6.07) is 11.9. The Labute approximate surface area is 154 Å². The van der Waals surface area contributed by atoms with Gasteiger partial charge in [-0.05, 0) is 23.8 Å². The van der Waals surface area contributed by atoms with Crippen LogP contribution in [-0.2, 0) is 6.54 Å². The van der Waals surface area contributed by atoms with Crippen LogP contribution in [0.25, 0.3) is 11.5 Å². The van der Waals surface area contributed by atoms with Crippen molar-refractivity contribution >= 4 is 17.7 Å². The fourth-order valence-electron chi connectivity index (χ4n) is 2.57. The van der Waals surface area contributed by atoms with Crippen LogP contribution in [0.2, 0.25) is 0 Å². The molecule has 0 aliphatic heterocycles. The Bertz CT molecular complexity index is 954. The van der Waals surface area contributed by atoms with Gasteiger partial charge in [0.05, 0.1) is 18.9 Å². The van der Waals surface area contributed by atoms with Crippen LogP contribution in [-0.4, -0.2) is 29.2 Å². The van der Waals surface area contributed by atoms with Crippen molar-refractivity contribution in [1.29, 1.82) is 0 Å². The van der Waals surface area contributed by atoms with Crippen LogP contribution in [0.3, 0.4) is 0 Å². The number of benzene rings is 2.